The van der Waals surface area contributed by atoms with Crippen molar-refractivity contribution in [3.8, 4) is 0 Å². The van der Waals surface area contributed by atoms with Crippen molar-refractivity contribution in [3.63, 3.8) is 0 Å². The predicted octanol–water partition coefficient (Wildman–Crippen LogP) is 2.75. The fraction of sp³-hybridized carbons (Fsp3) is 0.393. The molecule has 2 aromatic rings. The first-order chi connectivity index (χ1) is 17.9. The summed E-state index contributed by atoms with van der Waals surface area (Å²) in [6.45, 7) is 4.57. The fourth-order valence-corrected chi connectivity index (χ4v) is 5.24. The third-order valence-electron chi connectivity index (χ3n) is 7.28. The van der Waals surface area contributed by atoms with Crippen LogP contribution in [-0.4, -0.2) is 48.4 Å². The Labute approximate surface area is 216 Å². The van der Waals surface area contributed by atoms with E-state index < -0.39 is 0 Å². The van der Waals surface area contributed by atoms with Gasteiger partial charge in [-0.1, -0.05) is 25.1 Å². The van der Waals surface area contributed by atoms with E-state index in [9.17, 15) is 9.59 Å². The van der Waals surface area contributed by atoms with Gasteiger partial charge in [-0.3, -0.25) is 14.4 Å². The molecule has 2 heterocycles. The summed E-state index contributed by atoms with van der Waals surface area (Å²) in [7, 11) is 0. The molecule has 0 radical (unpaired) electrons. The Morgan fingerprint density at radius 1 is 1.14 bits per heavy atom. The van der Waals surface area contributed by atoms with Crippen molar-refractivity contribution < 1.29 is 14.4 Å². The number of piperidine rings is 2. The summed E-state index contributed by atoms with van der Waals surface area (Å²) in [6, 6.07) is 12.9. The molecule has 2 bridgehead atoms. The van der Waals surface area contributed by atoms with E-state index in [0.29, 0.717) is 46.7 Å². The lowest BCUT2D eigenvalue weighted by molar-refractivity contribution is -0.187. The molecule has 2 atom stereocenters. The highest BCUT2D eigenvalue weighted by atomic mass is 16.7. The smallest absolute Gasteiger partial charge is 0.273 e. The zero-order chi connectivity index (χ0) is 25.9. The molecule has 0 spiro atoms. The summed E-state index contributed by atoms with van der Waals surface area (Å²) < 4.78 is 0. The number of aliphatic imine (C=N–C) groups is 1. The maximum atomic E-state index is 13.4. The number of amidine groups is 1. The minimum Gasteiger partial charge on any atom is -0.399 e. The van der Waals surface area contributed by atoms with Gasteiger partial charge in [-0.2, -0.15) is 0 Å². The topological polar surface area (TPSA) is 135 Å². The molecule has 3 aliphatic rings. The molecule has 9 heteroatoms. The summed E-state index contributed by atoms with van der Waals surface area (Å²) in [6.07, 6.45) is 3.89. The van der Waals surface area contributed by atoms with Crippen LogP contribution in [0.1, 0.15) is 47.7 Å². The Morgan fingerprint density at radius 2 is 1.89 bits per heavy atom. The van der Waals surface area contributed by atoms with Crippen LogP contribution in [0.2, 0.25) is 0 Å². The standard InChI is InChI=1S/C28H34N6O3/c1-2-9-34(37-16-17-3-7-23(29)8-4-17)28(36)20-10-18-5-6-19(12-24(18)32-25(30)13-20)27(35)33-26-21-11-22(26)15-31-14-21/h3-8,10,12,21-22,26,31H,2,9,11,13-16,29H2,1H3,(H2,30,32)(H,33,35). The SMILES string of the molecule is CCCN(OCc1ccc(N)cc1)C(=O)C1=Cc2ccc(C(=O)NC3C4CNCC3C4)cc2N=C(N)C1. The van der Waals surface area contributed by atoms with Crippen LogP contribution < -0.4 is 22.1 Å². The van der Waals surface area contributed by atoms with Crippen LogP contribution in [0, 0.1) is 11.8 Å². The molecule has 2 amide bonds. The Morgan fingerprint density at radius 3 is 2.59 bits per heavy atom. The van der Waals surface area contributed by atoms with Gasteiger partial charge >= 0.3 is 0 Å². The van der Waals surface area contributed by atoms with Gasteiger partial charge in [-0.15, -0.1) is 0 Å². The molecule has 6 N–H and O–H groups in total. The zero-order valence-electron chi connectivity index (χ0n) is 21.1. The van der Waals surface area contributed by atoms with Gasteiger partial charge < -0.3 is 22.1 Å². The van der Waals surface area contributed by atoms with Gasteiger partial charge in [0.05, 0.1) is 5.69 Å². The van der Waals surface area contributed by atoms with Gasteiger partial charge in [0.15, 0.2) is 0 Å². The summed E-state index contributed by atoms with van der Waals surface area (Å²) in [5, 5.41) is 7.97. The third-order valence-corrected chi connectivity index (χ3v) is 7.28. The number of benzene rings is 2. The van der Waals surface area contributed by atoms with E-state index in [1.54, 1.807) is 30.3 Å². The van der Waals surface area contributed by atoms with Gasteiger partial charge in [-0.25, -0.2) is 10.1 Å². The molecule has 5 rings (SSSR count). The quantitative estimate of drug-likeness (QED) is 0.324. The molecule has 194 valence electrons. The van der Waals surface area contributed by atoms with Crippen LogP contribution in [0.15, 0.2) is 53.0 Å². The van der Waals surface area contributed by atoms with Crippen LogP contribution in [0.5, 0.6) is 0 Å². The number of nitrogens with zero attached hydrogens (tertiary/aromatic N) is 2. The van der Waals surface area contributed by atoms with E-state index in [4.69, 9.17) is 16.3 Å². The second kappa shape index (κ2) is 10.7. The first-order valence-electron chi connectivity index (χ1n) is 12.9. The lowest BCUT2D eigenvalue weighted by Crippen LogP contribution is -2.63. The minimum atomic E-state index is -0.254. The summed E-state index contributed by atoms with van der Waals surface area (Å²) >= 11 is 0. The lowest BCUT2D eigenvalue weighted by atomic mass is 9.67. The summed E-state index contributed by atoms with van der Waals surface area (Å²) in [4.78, 5) is 36.8. The van der Waals surface area contributed by atoms with Crippen LogP contribution in [0.3, 0.4) is 0 Å². The molecule has 2 fully saturated rings. The van der Waals surface area contributed by atoms with Gasteiger partial charge in [0.2, 0.25) is 0 Å². The second-order valence-corrected chi connectivity index (χ2v) is 10.1. The van der Waals surface area contributed by atoms with E-state index in [-0.39, 0.29) is 30.9 Å². The van der Waals surface area contributed by atoms with Crippen LogP contribution in [-0.2, 0) is 16.2 Å². The molecule has 37 heavy (non-hydrogen) atoms. The Hall–Kier alpha value is -3.69. The average Bonchev–Trinajstić information content (AvgIpc) is 3.07. The van der Waals surface area contributed by atoms with E-state index in [1.165, 1.54) is 11.5 Å². The molecule has 1 saturated carbocycles. The number of hydroxylamine groups is 2. The molecule has 0 aromatic heterocycles. The Balaban J connectivity index is 1.31. The highest BCUT2D eigenvalue weighted by molar-refractivity contribution is 6.05. The monoisotopic (exact) mass is 502 g/mol. The number of rotatable bonds is 8. The number of nitrogen functional groups attached to an aromatic ring is 1. The Kier molecular flexibility index (Phi) is 7.25. The van der Waals surface area contributed by atoms with Gasteiger partial charge in [0, 0.05) is 41.4 Å². The maximum Gasteiger partial charge on any atom is 0.273 e. The fourth-order valence-electron chi connectivity index (χ4n) is 5.24. The average molecular weight is 503 g/mol. The number of hydrogen-bond acceptors (Lipinski definition) is 7. The first kappa shape index (κ1) is 25.0. The van der Waals surface area contributed by atoms with Crippen molar-refractivity contribution in [2.24, 2.45) is 22.6 Å². The number of hydrogen-bond donors (Lipinski definition) is 4. The summed E-state index contributed by atoms with van der Waals surface area (Å²) in [5.41, 5.74) is 15.9. The highest BCUT2D eigenvalue weighted by Gasteiger charge is 2.44. The van der Waals surface area contributed by atoms with Crippen molar-refractivity contribution in [3.05, 3.63) is 64.7 Å². The maximum absolute atomic E-state index is 13.4. The normalized spacial score (nSPS) is 22.0. The zero-order valence-corrected chi connectivity index (χ0v) is 21.1. The van der Waals surface area contributed by atoms with Crippen LogP contribution in [0.4, 0.5) is 11.4 Å². The molecule has 1 aliphatic carbocycles. The predicted molar refractivity (Wildman–Crippen MR) is 144 cm³/mol. The minimum absolute atomic E-state index is 0.104. The molecule has 2 aliphatic heterocycles. The number of carbonyl (C=O) groups is 2. The second-order valence-electron chi connectivity index (χ2n) is 10.1. The number of fused-ring (bicyclic) bond motifs is 3. The Bertz CT molecular complexity index is 1220. The van der Waals surface area contributed by atoms with Gasteiger partial charge in [0.25, 0.3) is 11.8 Å². The van der Waals surface area contributed by atoms with E-state index >= 15 is 0 Å². The van der Waals surface area contributed by atoms with E-state index in [2.05, 4.69) is 15.6 Å². The van der Waals surface area contributed by atoms with Crippen LogP contribution >= 0.6 is 0 Å². The van der Waals surface area contributed by atoms with Crippen molar-refractivity contribution in [1.82, 2.24) is 15.7 Å². The van der Waals surface area contributed by atoms with Gasteiger partial charge in [-0.05, 0) is 73.7 Å². The largest absolute Gasteiger partial charge is 0.399 e. The lowest BCUT2D eigenvalue weighted by Gasteiger charge is -2.49. The molecule has 2 unspecified atom stereocenters. The van der Waals surface area contributed by atoms with E-state index in [1.807, 2.05) is 25.1 Å². The number of nitrogens with two attached hydrogens (primary N) is 2. The highest BCUT2D eigenvalue weighted by Crippen LogP contribution is 2.37. The number of carbonyl (C=O) groups excluding carboxylic acids is 2. The van der Waals surface area contributed by atoms with Crippen LogP contribution in [0.25, 0.3) is 6.08 Å². The molecule has 2 aromatic carbocycles. The van der Waals surface area contributed by atoms with Crippen molar-refractivity contribution in [1.29, 1.82) is 0 Å². The van der Waals surface area contributed by atoms with Crippen molar-refractivity contribution >= 4 is 35.1 Å². The van der Waals surface area contributed by atoms with Crippen molar-refractivity contribution in [2.75, 3.05) is 25.4 Å². The molecule has 1 saturated heterocycles. The molecular weight excluding hydrogens is 468 g/mol. The molecular formula is C28H34N6O3. The van der Waals surface area contributed by atoms with Crippen molar-refractivity contribution in [2.45, 2.75) is 38.8 Å². The number of amides is 2. The first-order valence-corrected chi connectivity index (χ1v) is 12.9. The van der Waals surface area contributed by atoms with Gasteiger partial charge in [0.1, 0.15) is 12.4 Å². The summed E-state index contributed by atoms with van der Waals surface area (Å²) in [5.74, 6) is 0.956. The third kappa shape index (κ3) is 5.52. The van der Waals surface area contributed by atoms with E-state index in [0.717, 1.165) is 30.6 Å². The number of nitrogens with one attached hydrogen (secondary N) is 2. The number of anilines is 1. The molecule has 9 nitrogen and oxygen atoms in total.